The number of rotatable bonds is 3. The van der Waals surface area contributed by atoms with Crippen LogP contribution in [0.15, 0.2) is 50.4 Å². The number of pyridine rings is 1. The molecule has 0 spiro atoms. The Bertz CT molecular complexity index is 1010. The third kappa shape index (κ3) is 3.64. The first kappa shape index (κ1) is 17.1. The molecule has 138 valence electrons. The average molecular weight is 366 g/mol. The van der Waals surface area contributed by atoms with Crippen molar-refractivity contribution in [2.75, 3.05) is 13.1 Å². The zero-order chi connectivity index (χ0) is 18.8. The summed E-state index contributed by atoms with van der Waals surface area (Å²) < 4.78 is 10.9. The molecule has 1 fully saturated rings. The molecule has 0 radical (unpaired) electrons. The molecular weight excluding hydrogens is 348 g/mol. The van der Waals surface area contributed by atoms with Gasteiger partial charge in [-0.15, -0.1) is 0 Å². The van der Waals surface area contributed by atoms with Gasteiger partial charge in [0.2, 0.25) is 11.7 Å². The Balaban J connectivity index is 1.52. The second-order valence-electron chi connectivity index (χ2n) is 6.56. The molecule has 0 bridgehead atoms. The van der Waals surface area contributed by atoms with Crippen molar-refractivity contribution in [1.82, 2.24) is 20.0 Å². The fourth-order valence-corrected chi connectivity index (χ4v) is 3.24. The Morgan fingerprint density at radius 2 is 2.22 bits per heavy atom. The number of aryl methyl sites for hydroxylation is 1. The average Bonchev–Trinajstić information content (AvgIpc) is 3.18. The van der Waals surface area contributed by atoms with Gasteiger partial charge in [0.15, 0.2) is 11.2 Å². The van der Waals surface area contributed by atoms with Gasteiger partial charge in [0.05, 0.1) is 5.92 Å². The van der Waals surface area contributed by atoms with Gasteiger partial charge in [-0.05, 0) is 31.9 Å². The highest BCUT2D eigenvalue weighted by atomic mass is 16.5. The number of carbonyl (C=O) groups is 1. The molecule has 0 unspecified atom stereocenters. The molecule has 1 aliphatic rings. The number of likely N-dealkylation sites (tertiary alicyclic amines) is 1. The summed E-state index contributed by atoms with van der Waals surface area (Å²) >= 11 is 0. The lowest BCUT2D eigenvalue weighted by Crippen LogP contribution is -2.39. The molecule has 0 aliphatic carbocycles. The van der Waals surface area contributed by atoms with Crippen LogP contribution in [0.5, 0.6) is 0 Å². The van der Waals surface area contributed by atoms with Crippen molar-refractivity contribution >= 4 is 5.91 Å². The summed E-state index contributed by atoms with van der Waals surface area (Å²) in [6.07, 6.45) is 5.00. The highest BCUT2D eigenvalue weighted by molar-refractivity contribution is 5.91. The van der Waals surface area contributed by atoms with E-state index in [0.717, 1.165) is 18.4 Å². The number of piperidine rings is 1. The van der Waals surface area contributed by atoms with Gasteiger partial charge in [0.1, 0.15) is 5.76 Å². The predicted molar refractivity (Wildman–Crippen MR) is 95.1 cm³/mol. The molecule has 1 amide bonds. The molecule has 1 saturated heterocycles. The van der Waals surface area contributed by atoms with Crippen LogP contribution in [0, 0.1) is 6.92 Å². The number of amides is 1. The van der Waals surface area contributed by atoms with Crippen LogP contribution in [0.4, 0.5) is 0 Å². The maximum absolute atomic E-state index is 12.7. The molecule has 8 heteroatoms. The normalized spacial score (nSPS) is 17.1. The summed E-state index contributed by atoms with van der Waals surface area (Å²) in [7, 11) is 0. The van der Waals surface area contributed by atoms with Crippen molar-refractivity contribution in [3.63, 3.8) is 0 Å². The minimum absolute atomic E-state index is 0.0576. The van der Waals surface area contributed by atoms with E-state index in [1.807, 2.05) is 12.1 Å². The van der Waals surface area contributed by atoms with Gasteiger partial charge >= 0.3 is 0 Å². The van der Waals surface area contributed by atoms with E-state index in [0.29, 0.717) is 30.6 Å². The minimum atomic E-state index is -0.299. The Morgan fingerprint density at radius 1 is 1.33 bits per heavy atom. The molecule has 4 rings (SSSR count). The Kier molecular flexibility index (Phi) is 4.53. The van der Waals surface area contributed by atoms with Crippen LogP contribution in [0.2, 0.25) is 0 Å². The topological polar surface area (TPSA) is 102 Å². The molecule has 0 saturated carbocycles. The number of hydrogen-bond acceptors (Lipinski definition) is 7. The van der Waals surface area contributed by atoms with Gasteiger partial charge in [0, 0.05) is 43.2 Å². The van der Waals surface area contributed by atoms with Gasteiger partial charge in [0.25, 0.3) is 5.91 Å². The lowest BCUT2D eigenvalue weighted by Gasteiger charge is -2.30. The van der Waals surface area contributed by atoms with Crippen molar-refractivity contribution < 1.29 is 13.7 Å². The third-order valence-electron chi connectivity index (χ3n) is 4.52. The lowest BCUT2D eigenvalue weighted by molar-refractivity contribution is 0.0659. The van der Waals surface area contributed by atoms with Crippen molar-refractivity contribution in [2.45, 2.75) is 25.7 Å². The smallest absolute Gasteiger partial charge is 0.289 e. The summed E-state index contributed by atoms with van der Waals surface area (Å²) in [5.74, 6) is 1.09. The van der Waals surface area contributed by atoms with Crippen LogP contribution >= 0.6 is 0 Å². The summed E-state index contributed by atoms with van der Waals surface area (Å²) in [5.41, 5.74) is 0.534. The maximum Gasteiger partial charge on any atom is 0.289 e. The predicted octanol–water partition coefficient (Wildman–Crippen LogP) is 2.41. The quantitative estimate of drug-likeness (QED) is 0.701. The number of nitrogens with zero attached hydrogens (tertiary/aromatic N) is 4. The lowest BCUT2D eigenvalue weighted by atomic mass is 9.97. The van der Waals surface area contributed by atoms with Gasteiger partial charge in [-0.25, -0.2) is 0 Å². The highest BCUT2D eigenvalue weighted by Crippen LogP contribution is 2.28. The molecule has 3 aromatic rings. The van der Waals surface area contributed by atoms with E-state index in [4.69, 9.17) is 8.94 Å². The van der Waals surface area contributed by atoms with Crippen LogP contribution in [0.3, 0.4) is 0 Å². The zero-order valence-electron chi connectivity index (χ0n) is 14.8. The molecule has 8 nitrogen and oxygen atoms in total. The van der Waals surface area contributed by atoms with Gasteiger partial charge in [-0.2, -0.15) is 4.98 Å². The van der Waals surface area contributed by atoms with E-state index in [-0.39, 0.29) is 23.0 Å². The van der Waals surface area contributed by atoms with E-state index in [2.05, 4.69) is 15.1 Å². The Morgan fingerprint density at radius 3 is 3.00 bits per heavy atom. The summed E-state index contributed by atoms with van der Waals surface area (Å²) in [6, 6.07) is 6.25. The van der Waals surface area contributed by atoms with Crippen LogP contribution in [-0.2, 0) is 0 Å². The van der Waals surface area contributed by atoms with Gasteiger partial charge in [-0.3, -0.25) is 14.6 Å². The molecule has 4 heterocycles. The first-order valence-corrected chi connectivity index (χ1v) is 8.75. The second-order valence-corrected chi connectivity index (χ2v) is 6.56. The number of aromatic nitrogens is 3. The maximum atomic E-state index is 12.7. The summed E-state index contributed by atoms with van der Waals surface area (Å²) in [6.45, 7) is 2.68. The van der Waals surface area contributed by atoms with Gasteiger partial charge < -0.3 is 13.8 Å². The van der Waals surface area contributed by atoms with Crippen molar-refractivity contribution in [2.24, 2.45) is 0 Å². The Hall–Kier alpha value is -3.29. The molecule has 1 atom stereocenters. The monoisotopic (exact) mass is 366 g/mol. The van der Waals surface area contributed by atoms with Crippen molar-refractivity contribution in [3.05, 3.63) is 64.3 Å². The Labute approximate surface area is 154 Å². The fourth-order valence-electron chi connectivity index (χ4n) is 3.24. The summed E-state index contributed by atoms with van der Waals surface area (Å²) in [5, 5.41) is 4.02. The number of carbonyl (C=O) groups excluding carboxylic acids is 1. The molecule has 27 heavy (non-hydrogen) atoms. The van der Waals surface area contributed by atoms with Crippen LogP contribution in [0.1, 0.15) is 41.0 Å². The fraction of sp³-hybridized carbons (Fsp3) is 0.316. The molecule has 0 aromatic carbocycles. The summed E-state index contributed by atoms with van der Waals surface area (Å²) in [4.78, 5) is 34.6. The van der Waals surface area contributed by atoms with Gasteiger partial charge in [-0.1, -0.05) is 5.16 Å². The number of hydrogen-bond donors (Lipinski definition) is 0. The zero-order valence-corrected chi connectivity index (χ0v) is 14.8. The molecular formula is C19H18N4O4. The van der Waals surface area contributed by atoms with Crippen LogP contribution in [-0.4, -0.2) is 39.0 Å². The van der Waals surface area contributed by atoms with E-state index >= 15 is 0 Å². The van der Waals surface area contributed by atoms with Crippen molar-refractivity contribution in [3.8, 4) is 11.4 Å². The third-order valence-corrected chi connectivity index (χ3v) is 4.52. The van der Waals surface area contributed by atoms with Crippen LogP contribution in [0.25, 0.3) is 11.4 Å². The van der Waals surface area contributed by atoms with Crippen molar-refractivity contribution in [1.29, 1.82) is 0 Å². The van der Waals surface area contributed by atoms with E-state index in [1.165, 1.54) is 12.1 Å². The first-order chi connectivity index (χ1) is 13.1. The van der Waals surface area contributed by atoms with E-state index in [1.54, 1.807) is 24.2 Å². The SMILES string of the molecule is Cc1cc(=O)cc(C(=O)N2CCC[C@@H](c3nc(-c4cccnc4)no3)C2)o1. The van der Waals surface area contributed by atoms with Crippen LogP contribution < -0.4 is 5.43 Å². The highest BCUT2D eigenvalue weighted by Gasteiger charge is 2.30. The van der Waals surface area contributed by atoms with E-state index in [9.17, 15) is 9.59 Å². The largest absolute Gasteiger partial charge is 0.456 e. The van der Waals surface area contributed by atoms with E-state index < -0.39 is 0 Å². The molecule has 3 aromatic heterocycles. The standard InChI is InChI=1S/C19H18N4O4/c1-12-8-15(24)9-16(26-12)19(25)23-7-3-5-14(11-23)18-21-17(22-27-18)13-4-2-6-20-10-13/h2,4,6,8-10,14H,3,5,7,11H2,1H3/t14-/m1/s1. The minimum Gasteiger partial charge on any atom is -0.456 e. The molecule has 0 N–H and O–H groups in total. The molecule has 1 aliphatic heterocycles. The second kappa shape index (κ2) is 7.14. The first-order valence-electron chi connectivity index (χ1n) is 8.75.